The molecule has 0 saturated heterocycles. The van der Waals surface area contributed by atoms with Gasteiger partial charge in [-0.1, -0.05) is 199 Å². The van der Waals surface area contributed by atoms with Crippen LogP contribution in [0.2, 0.25) is 5.02 Å². The fourth-order valence-electron chi connectivity index (χ4n) is 7.81. The van der Waals surface area contributed by atoms with Gasteiger partial charge < -0.3 is 0 Å². The Kier molecular flexibility index (Phi) is 30.1. The molecule has 0 saturated carbocycles. The molecule has 4 aromatic carbocycles. The molecule has 7 aromatic rings. The summed E-state index contributed by atoms with van der Waals surface area (Å²) in [6.07, 6.45) is 1.94. The molecule has 0 N–H and O–H groups in total. The largest absolute Gasteiger partial charge is 0.272 e. The van der Waals surface area contributed by atoms with E-state index in [1.807, 2.05) is 83.7 Å². The maximum atomic E-state index is 13.1. The third-order valence-corrected chi connectivity index (χ3v) is 12.5. The van der Waals surface area contributed by atoms with Crippen molar-refractivity contribution in [1.29, 1.82) is 0 Å². The van der Waals surface area contributed by atoms with E-state index in [0.717, 1.165) is 33.2 Å². The third-order valence-electron chi connectivity index (χ3n) is 12.2. The van der Waals surface area contributed by atoms with E-state index in [2.05, 4.69) is 211 Å². The van der Waals surface area contributed by atoms with Crippen molar-refractivity contribution >= 4 is 11.6 Å². The van der Waals surface area contributed by atoms with Gasteiger partial charge in [0.15, 0.2) is 0 Å². The number of hydrogen-bond donors (Lipinski definition) is 0. The van der Waals surface area contributed by atoms with Gasteiger partial charge in [-0.05, 0) is 177 Å². The number of aromatic nitrogens is 4. The standard InChI is InChI=1S/C11H16.C10H13Cl.C10H13F.C10H15N.C9H13N.C9H12.C8H14N2/c1-8(2)11-6-5-9(3)7-10(11)4;2*1-7(2)9-5-4-8(3)6-10(9)11;1-7(2)10-6-5-8(3)11-9(10)4;1-7(2)9-5-4-8(3)10-6-9;1-8(2)9-6-4-3-5-7-9;1-6(2)8-5-7(3)9-10(8)4/h5-8H,1-4H3;2*4-7H,1-3H3;5-7H,1-4H3;4-7H,1-3H3;3-8H,1-2H3;5-6H,1-4H3. The molecular weight excluding hydrogens is 915 g/mol. The van der Waals surface area contributed by atoms with Crippen molar-refractivity contribution in [2.24, 2.45) is 7.05 Å². The summed E-state index contributed by atoms with van der Waals surface area (Å²) in [6, 6.07) is 39.3. The van der Waals surface area contributed by atoms with Gasteiger partial charge in [-0.15, -0.1) is 0 Å². The van der Waals surface area contributed by atoms with Gasteiger partial charge in [0.1, 0.15) is 5.82 Å². The van der Waals surface area contributed by atoms with Crippen LogP contribution in [-0.4, -0.2) is 19.7 Å². The second kappa shape index (κ2) is 33.4. The SMILES string of the molecule is CC(C)c1ccccc1.Cc1cc(C(C)C)n(C)n1.Cc1ccc(C(C)C)c(C)c1.Cc1ccc(C(C)C)c(C)n1.Cc1ccc(C(C)C)c(Cl)c1.Cc1ccc(C(C)C)c(F)c1.Cc1ccc(C(C)C)cn1. The second-order valence-electron chi connectivity index (χ2n) is 21.6. The van der Waals surface area contributed by atoms with E-state index in [-0.39, 0.29) is 11.7 Å². The van der Waals surface area contributed by atoms with Crippen molar-refractivity contribution < 1.29 is 4.39 Å². The smallest absolute Gasteiger partial charge is 0.126 e. The molecule has 0 fully saturated rings. The topological polar surface area (TPSA) is 43.6 Å². The van der Waals surface area contributed by atoms with Crippen molar-refractivity contribution in [2.75, 3.05) is 0 Å². The van der Waals surface area contributed by atoms with Crippen LogP contribution in [0.4, 0.5) is 4.39 Å². The molecule has 0 aliphatic rings. The third kappa shape index (κ3) is 25.4. The zero-order chi connectivity index (χ0) is 55.7. The van der Waals surface area contributed by atoms with E-state index in [4.69, 9.17) is 11.6 Å². The summed E-state index contributed by atoms with van der Waals surface area (Å²) in [7, 11) is 1.99. The molecule has 0 spiro atoms. The number of rotatable bonds is 7. The molecule has 0 radical (unpaired) electrons. The zero-order valence-electron chi connectivity index (χ0n) is 49.6. The minimum Gasteiger partial charge on any atom is -0.272 e. The number of pyridine rings is 2. The lowest BCUT2D eigenvalue weighted by Crippen LogP contribution is -1.99. The first-order valence-corrected chi connectivity index (χ1v) is 26.9. The lowest BCUT2D eigenvalue weighted by molar-refractivity contribution is 0.597. The molecule has 7 rings (SSSR count). The van der Waals surface area contributed by atoms with E-state index < -0.39 is 0 Å². The summed E-state index contributed by atoms with van der Waals surface area (Å²) in [6.45, 7) is 46.6. The highest BCUT2D eigenvalue weighted by Crippen LogP contribution is 2.25. The van der Waals surface area contributed by atoms with Crippen molar-refractivity contribution in [1.82, 2.24) is 19.7 Å². The summed E-state index contributed by atoms with van der Waals surface area (Å²) in [5, 5.41) is 5.14. The van der Waals surface area contributed by atoms with E-state index in [1.54, 1.807) is 6.07 Å². The quantitative estimate of drug-likeness (QED) is 0.160. The predicted octanol–water partition coefficient (Wildman–Crippen LogP) is 20.5. The molecule has 0 atom stereocenters. The highest BCUT2D eigenvalue weighted by Gasteiger charge is 2.07. The predicted molar refractivity (Wildman–Crippen MR) is 319 cm³/mol. The number of halogens is 2. The maximum absolute atomic E-state index is 13.1. The van der Waals surface area contributed by atoms with Crippen LogP contribution in [0.5, 0.6) is 0 Å². The average molecular weight is 1010 g/mol. The highest BCUT2D eigenvalue weighted by molar-refractivity contribution is 6.31. The van der Waals surface area contributed by atoms with Crippen molar-refractivity contribution in [2.45, 2.75) is 194 Å². The van der Waals surface area contributed by atoms with Crippen LogP contribution in [0.1, 0.15) is 222 Å². The fraction of sp³-hybridized carbons (Fsp3) is 0.448. The first-order chi connectivity index (χ1) is 34.0. The summed E-state index contributed by atoms with van der Waals surface area (Å²) in [5.41, 5.74) is 18.3. The molecule has 398 valence electrons. The minimum absolute atomic E-state index is 0.0833. The molecule has 4 nitrogen and oxygen atoms in total. The van der Waals surface area contributed by atoms with Gasteiger partial charge in [0.2, 0.25) is 0 Å². The molecule has 3 heterocycles. The molecule has 0 bridgehead atoms. The lowest BCUT2D eigenvalue weighted by atomic mass is 9.97. The average Bonchev–Trinajstić information content (AvgIpc) is 3.65. The monoisotopic (exact) mass is 1010 g/mol. The molecule has 0 aliphatic carbocycles. The van der Waals surface area contributed by atoms with Gasteiger partial charge in [0.25, 0.3) is 0 Å². The van der Waals surface area contributed by atoms with Crippen LogP contribution in [0.3, 0.4) is 0 Å². The molecule has 73 heavy (non-hydrogen) atoms. The van der Waals surface area contributed by atoms with E-state index >= 15 is 0 Å². The van der Waals surface area contributed by atoms with Crippen LogP contribution < -0.4 is 0 Å². The second-order valence-corrected chi connectivity index (χ2v) is 22.0. The number of aryl methyl sites for hydroxylation is 9. The zero-order valence-corrected chi connectivity index (χ0v) is 50.4. The molecule has 0 amide bonds. The number of hydrogen-bond acceptors (Lipinski definition) is 3. The molecule has 0 aliphatic heterocycles. The maximum Gasteiger partial charge on any atom is 0.126 e. The van der Waals surface area contributed by atoms with Gasteiger partial charge >= 0.3 is 0 Å². The van der Waals surface area contributed by atoms with E-state index in [1.165, 1.54) is 55.9 Å². The van der Waals surface area contributed by atoms with Crippen LogP contribution in [-0.2, 0) is 7.05 Å². The Morgan fingerprint density at radius 2 is 0.890 bits per heavy atom. The number of nitrogens with zero attached hydrogens (tertiary/aromatic N) is 4. The van der Waals surface area contributed by atoms with E-state index in [9.17, 15) is 4.39 Å². The first kappa shape index (κ1) is 65.6. The first-order valence-electron chi connectivity index (χ1n) is 26.6. The molecule has 0 unspecified atom stereocenters. The van der Waals surface area contributed by atoms with Crippen LogP contribution >= 0.6 is 11.6 Å². The Morgan fingerprint density at radius 3 is 1.26 bits per heavy atom. The Morgan fingerprint density at radius 1 is 0.425 bits per heavy atom. The van der Waals surface area contributed by atoms with Crippen LogP contribution in [0.25, 0.3) is 0 Å². The van der Waals surface area contributed by atoms with Gasteiger partial charge in [0.05, 0.1) is 5.69 Å². The van der Waals surface area contributed by atoms with Crippen LogP contribution in [0, 0.1) is 61.2 Å². The minimum atomic E-state index is -0.0833. The summed E-state index contributed by atoms with van der Waals surface area (Å²) in [4.78, 5) is 8.60. The van der Waals surface area contributed by atoms with Crippen molar-refractivity contribution in [3.8, 4) is 0 Å². The molecular formula is C67H96ClFN4. The lowest BCUT2D eigenvalue weighted by Gasteiger charge is -2.09. The summed E-state index contributed by atoms with van der Waals surface area (Å²) >= 11 is 6.02. The van der Waals surface area contributed by atoms with Gasteiger partial charge in [0, 0.05) is 41.0 Å². The van der Waals surface area contributed by atoms with E-state index in [0.29, 0.717) is 35.5 Å². The Balaban J connectivity index is 0.000000426. The Bertz CT molecular complexity index is 2400. The van der Waals surface area contributed by atoms with Gasteiger partial charge in [-0.25, -0.2) is 4.39 Å². The normalized spacial score (nSPS) is 10.6. The van der Waals surface area contributed by atoms with Gasteiger partial charge in [-0.3, -0.25) is 14.6 Å². The summed E-state index contributed by atoms with van der Waals surface area (Å²) < 4.78 is 15.0. The van der Waals surface area contributed by atoms with Crippen molar-refractivity contribution in [3.63, 3.8) is 0 Å². The molecule has 3 aromatic heterocycles. The van der Waals surface area contributed by atoms with Gasteiger partial charge in [-0.2, -0.15) is 5.10 Å². The Hall–Kier alpha value is -5.39. The molecule has 6 heteroatoms. The number of benzene rings is 4. The fourth-order valence-corrected chi connectivity index (χ4v) is 8.26. The van der Waals surface area contributed by atoms with Crippen molar-refractivity contribution in [3.05, 3.63) is 216 Å². The summed E-state index contributed by atoms with van der Waals surface area (Å²) in [5.74, 6) is 3.77. The highest BCUT2D eigenvalue weighted by atomic mass is 35.5. The van der Waals surface area contributed by atoms with Crippen LogP contribution in [0.15, 0.2) is 121 Å². The Labute approximate surface area is 450 Å².